The van der Waals surface area contributed by atoms with Gasteiger partial charge in [0, 0.05) is 39.0 Å². The van der Waals surface area contributed by atoms with Crippen molar-refractivity contribution in [1.29, 1.82) is 0 Å². The molecule has 3 aromatic rings. The van der Waals surface area contributed by atoms with Gasteiger partial charge in [0.25, 0.3) is 0 Å². The molecule has 0 fully saturated rings. The van der Waals surface area contributed by atoms with Crippen molar-refractivity contribution in [3.05, 3.63) is 83.4 Å². The third-order valence-electron chi connectivity index (χ3n) is 5.38. The lowest BCUT2D eigenvalue weighted by Crippen LogP contribution is -2.38. The van der Waals surface area contributed by atoms with E-state index in [4.69, 9.17) is 4.74 Å². The molecule has 0 unspecified atom stereocenters. The highest BCUT2D eigenvalue weighted by molar-refractivity contribution is 14.0. The van der Waals surface area contributed by atoms with E-state index in [0.717, 1.165) is 56.5 Å². The van der Waals surface area contributed by atoms with Gasteiger partial charge in [-0.15, -0.1) is 24.0 Å². The predicted octanol–water partition coefficient (Wildman–Crippen LogP) is 3.59. The first-order valence-corrected chi connectivity index (χ1v) is 10.5. The van der Waals surface area contributed by atoms with Crippen LogP contribution in [0.3, 0.4) is 0 Å². The lowest BCUT2D eigenvalue weighted by atomic mass is 10.1. The van der Waals surface area contributed by atoms with Crippen LogP contribution < -0.4 is 15.4 Å². The molecule has 1 aliphatic heterocycles. The molecule has 0 saturated heterocycles. The normalized spacial score (nSPS) is 12.6. The highest BCUT2D eigenvalue weighted by Crippen LogP contribution is 2.25. The van der Waals surface area contributed by atoms with Crippen LogP contribution >= 0.6 is 24.0 Å². The number of aryl methyl sites for hydroxylation is 2. The van der Waals surface area contributed by atoms with E-state index in [2.05, 4.69) is 67.6 Å². The summed E-state index contributed by atoms with van der Waals surface area (Å²) in [6, 6.07) is 17.0. The summed E-state index contributed by atoms with van der Waals surface area (Å²) in [5.41, 5.74) is 3.97. The molecule has 4 rings (SSSR count). The molecular weight excluding hydrogens is 501 g/mol. The van der Waals surface area contributed by atoms with Crippen molar-refractivity contribution in [2.24, 2.45) is 4.99 Å². The van der Waals surface area contributed by atoms with E-state index in [1.54, 1.807) is 7.05 Å². The molecule has 0 radical (unpaired) electrons. The van der Waals surface area contributed by atoms with Crippen LogP contribution in [-0.4, -0.2) is 35.7 Å². The van der Waals surface area contributed by atoms with E-state index in [9.17, 15) is 0 Å². The molecule has 31 heavy (non-hydrogen) atoms. The number of benzene rings is 2. The van der Waals surface area contributed by atoms with Gasteiger partial charge < -0.3 is 19.9 Å². The number of guanidine groups is 1. The van der Waals surface area contributed by atoms with Gasteiger partial charge in [-0.05, 0) is 35.6 Å². The number of imidazole rings is 1. The Balaban J connectivity index is 0.00000272. The molecule has 0 saturated carbocycles. The van der Waals surface area contributed by atoms with Crippen molar-refractivity contribution < 1.29 is 4.74 Å². The number of aromatic nitrogens is 2. The summed E-state index contributed by atoms with van der Waals surface area (Å²) in [7, 11) is 1.80. The van der Waals surface area contributed by atoms with Gasteiger partial charge in [-0.1, -0.05) is 42.5 Å². The Morgan fingerprint density at radius 2 is 1.97 bits per heavy atom. The van der Waals surface area contributed by atoms with Gasteiger partial charge in [0.1, 0.15) is 11.6 Å². The lowest BCUT2D eigenvalue weighted by molar-refractivity contribution is 0.357. The molecule has 2 N–H and O–H groups in total. The molecule has 1 aromatic heterocycles. The molecule has 0 amide bonds. The maximum atomic E-state index is 5.58. The number of ether oxygens (including phenoxy) is 1. The Labute approximate surface area is 201 Å². The maximum Gasteiger partial charge on any atom is 0.191 e. The SMILES string of the molecule is CN=C(NCCc1ccc2c(c1)CCO2)NCc1nccn1CCc1ccccc1.I. The van der Waals surface area contributed by atoms with E-state index in [0.29, 0.717) is 6.54 Å². The zero-order chi connectivity index (χ0) is 20.6. The van der Waals surface area contributed by atoms with E-state index in [1.165, 1.54) is 16.7 Å². The summed E-state index contributed by atoms with van der Waals surface area (Å²) in [6.07, 6.45) is 6.84. The predicted molar refractivity (Wildman–Crippen MR) is 135 cm³/mol. The van der Waals surface area contributed by atoms with Gasteiger partial charge in [0.05, 0.1) is 13.2 Å². The fraction of sp³-hybridized carbons (Fsp3) is 0.333. The molecule has 2 aromatic carbocycles. The van der Waals surface area contributed by atoms with Gasteiger partial charge in [-0.25, -0.2) is 4.98 Å². The lowest BCUT2D eigenvalue weighted by Gasteiger charge is -2.13. The third-order valence-corrected chi connectivity index (χ3v) is 5.38. The molecule has 0 bridgehead atoms. The van der Waals surface area contributed by atoms with E-state index in [-0.39, 0.29) is 24.0 Å². The zero-order valence-electron chi connectivity index (χ0n) is 17.9. The first-order valence-electron chi connectivity index (χ1n) is 10.5. The van der Waals surface area contributed by atoms with Crippen molar-refractivity contribution >= 4 is 29.9 Å². The van der Waals surface area contributed by atoms with Gasteiger partial charge in [-0.3, -0.25) is 4.99 Å². The minimum absolute atomic E-state index is 0. The van der Waals surface area contributed by atoms with Gasteiger partial charge in [-0.2, -0.15) is 0 Å². The van der Waals surface area contributed by atoms with Gasteiger partial charge >= 0.3 is 0 Å². The van der Waals surface area contributed by atoms with Crippen LogP contribution in [0.15, 0.2) is 65.9 Å². The summed E-state index contributed by atoms with van der Waals surface area (Å²) in [4.78, 5) is 8.84. The fourth-order valence-electron chi connectivity index (χ4n) is 3.71. The second-order valence-corrected chi connectivity index (χ2v) is 7.42. The number of nitrogens with one attached hydrogen (secondary N) is 2. The standard InChI is InChI=1S/C24H29N5O.HI/c1-25-24(27-12-9-20-7-8-22-21(17-20)11-16-30-22)28-18-23-26-13-15-29(23)14-10-19-5-3-2-4-6-19;/h2-8,13,15,17H,9-12,14,16,18H2,1H3,(H2,25,27,28);1H. The Hall–Kier alpha value is -2.55. The van der Waals surface area contributed by atoms with E-state index in [1.807, 2.05) is 18.5 Å². The Kier molecular flexibility index (Phi) is 8.75. The van der Waals surface area contributed by atoms with Crippen LogP contribution in [0.25, 0.3) is 0 Å². The van der Waals surface area contributed by atoms with E-state index >= 15 is 0 Å². The number of halogens is 1. The van der Waals surface area contributed by atoms with Crippen LogP contribution in [0.5, 0.6) is 5.75 Å². The molecule has 2 heterocycles. The molecule has 7 heteroatoms. The minimum Gasteiger partial charge on any atom is -0.493 e. The summed E-state index contributed by atoms with van der Waals surface area (Å²) < 4.78 is 7.77. The topological polar surface area (TPSA) is 63.5 Å². The molecule has 1 aliphatic rings. The highest BCUT2D eigenvalue weighted by Gasteiger charge is 2.12. The summed E-state index contributed by atoms with van der Waals surface area (Å²) in [5.74, 6) is 2.83. The quantitative estimate of drug-likeness (QED) is 0.265. The Morgan fingerprint density at radius 3 is 2.81 bits per heavy atom. The molecule has 164 valence electrons. The zero-order valence-corrected chi connectivity index (χ0v) is 20.2. The third kappa shape index (κ3) is 6.46. The van der Waals surface area contributed by atoms with Crippen LogP contribution in [0.4, 0.5) is 0 Å². The van der Waals surface area contributed by atoms with Crippen molar-refractivity contribution in [2.45, 2.75) is 32.4 Å². The first kappa shape index (κ1) is 23.1. The molecule has 6 nitrogen and oxygen atoms in total. The summed E-state index contributed by atoms with van der Waals surface area (Å²) >= 11 is 0. The van der Waals surface area contributed by atoms with Gasteiger partial charge in [0.2, 0.25) is 0 Å². The molecule has 0 atom stereocenters. The average molecular weight is 531 g/mol. The second kappa shape index (κ2) is 11.7. The number of hydrogen-bond acceptors (Lipinski definition) is 3. The number of fused-ring (bicyclic) bond motifs is 1. The molecular formula is C24H30IN5O. The Bertz CT molecular complexity index is 987. The maximum absolute atomic E-state index is 5.58. The van der Waals surface area contributed by atoms with Crippen molar-refractivity contribution in [2.75, 3.05) is 20.2 Å². The summed E-state index contributed by atoms with van der Waals surface area (Å²) in [5, 5.41) is 6.77. The summed E-state index contributed by atoms with van der Waals surface area (Å²) in [6.45, 7) is 3.17. The van der Waals surface area contributed by atoms with Crippen LogP contribution in [0.2, 0.25) is 0 Å². The number of aliphatic imine (C=N–C) groups is 1. The number of nitrogens with zero attached hydrogens (tertiary/aromatic N) is 3. The smallest absolute Gasteiger partial charge is 0.191 e. The van der Waals surface area contributed by atoms with Crippen LogP contribution in [0, 0.1) is 0 Å². The van der Waals surface area contributed by atoms with Crippen LogP contribution in [0.1, 0.15) is 22.5 Å². The number of hydrogen-bond donors (Lipinski definition) is 2. The van der Waals surface area contributed by atoms with Gasteiger partial charge in [0.15, 0.2) is 5.96 Å². The number of rotatable bonds is 8. The molecule has 0 aliphatic carbocycles. The average Bonchev–Trinajstić information content (AvgIpc) is 3.44. The fourth-order valence-corrected chi connectivity index (χ4v) is 3.71. The van der Waals surface area contributed by atoms with E-state index < -0.39 is 0 Å². The largest absolute Gasteiger partial charge is 0.493 e. The van der Waals surface area contributed by atoms with Crippen molar-refractivity contribution in [3.63, 3.8) is 0 Å². The second-order valence-electron chi connectivity index (χ2n) is 7.42. The van der Waals surface area contributed by atoms with Crippen molar-refractivity contribution in [3.8, 4) is 5.75 Å². The monoisotopic (exact) mass is 531 g/mol. The van der Waals surface area contributed by atoms with Crippen LogP contribution in [-0.2, 0) is 32.4 Å². The minimum atomic E-state index is 0. The molecule has 0 spiro atoms. The van der Waals surface area contributed by atoms with Crippen molar-refractivity contribution in [1.82, 2.24) is 20.2 Å². The highest BCUT2D eigenvalue weighted by atomic mass is 127. The Morgan fingerprint density at radius 1 is 1.10 bits per heavy atom. The first-order chi connectivity index (χ1) is 14.8.